The monoisotopic (exact) mass is 379 g/mol. The number of urea groups is 1. The molecule has 0 saturated carbocycles. The zero-order valence-electron chi connectivity index (χ0n) is 17.0. The molecule has 2 aliphatic rings. The molecule has 5 nitrogen and oxygen atoms in total. The van der Waals surface area contributed by atoms with Gasteiger partial charge in [0.25, 0.3) is 5.91 Å². The lowest BCUT2D eigenvalue weighted by molar-refractivity contribution is -0.135. The lowest BCUT2D eigenvalue weighted by Gasteiger charge is -2.42. The molecule has 28 heavy (non-hydrogen) atoms. The van der Waals surface area contributed by atoms with Crippen LogP contribution in [0.5, 0.6) is 0 Å². The molecule has 5 heteroatoms. The van der Waals surface area contributed by atoms with Gasteiger partial charge in [-0.3, -0.25) is 9.69 Å². The molecule has 1 spiro atoms. The summed E-state index contributed by atoms with van der Waals surface area (Å²) in [4.78, 5) is 31.9. The third-order valence-corrected chi connectivity index (χ3v) is 6.80. The summed E-state index contributed by atoms with van der Waals surface area (Å²) >= 11 is 0. The number of likely N-dealkylation sites (N-methyl/N-ethyl adjacent to an activating group) is 1. The van der Waals surface area contributed by atoms with Crippen molar-refractivity contribution < 1.29 is 9.59 Å². The van der Waals surface area contributed by atoms with Gasteiger partial charge in [-0.15, -0.1) is 0 Å². The predicted molar refractivity (Wildman–Crippen MR) is 111 cm³/mol. The van der Waals surface area contributed by atoms with Crippen LogP contribution in [0.1, 0.15) is 38.7 Å². The maximum Gasteiger partial charge on any atom is 0.327 e. The van der Waals surface area contributed by atoms with Crippen LogP contribution in [-0.4, -0.2) is 58.4 Å². The van der Waals surface area contributed by atoms with E-state index in [0.29, 0.717) is 25.4 Å². The Balaban J connectivity index is 1.54. The van der Waals surface area contributed by atoms with Crippen molar-refractivity contribution in [3.63, 3.8) is 0 Å². The van der Waals surface area contributed by atoms with E-state index < -0.39 is 5.54 Å². The molecule has 0 aromatic heterocycles. The molecule has 2 fully saturated rings. The highest BCUT2D eigenvalue weighted by Gasteiger charge is 2.56. The highest BCUT2D eigenvalue weighted by molar-refractivity contribution is 6.07. The fraction of sp³-hybridized carbons (Fsp3) is 0.478. The van der Waals surface area contributed by atoms with Crippen molar-refractivity contribution in [1.82, 2.24) is 14.7 Å². The van der Waals surface area contributed by atoms with Gasteiger partial charge in [0.05, 0.1) is 6.54 Å². The van der Waals surface area contributed by atoms with Crippen LogP contribution in [0, 0.1) is 0 Å². The van der Waals surface area contributed by atoms with Gasteiger partial charge in [0.15, 0.2) is 0 Å². The van der Waals surface area contributed by atoms with Crippen molar-refractivity contribution in [2.24, 2.45) is 0 Å². The van der Waals surface area contributed by atoms with E-state index in [1.165, 1.54) is 4.90 Å². The van der Waals surface area contributed by atoms with Crippen molar-refractivity contribution in [1.29, 1.82) is 0 Å². The van der Waals surface area contributed by atoms with E-state index in [2.05, 4.69) is 43.0 Å². The minimum Gasteiger partial charge on any atom is -0.312 e. The van der Waals surface area contributed by atoms with Gasteiger partial charge in [0.2, 0.25) is 0 Å². The minimum absolute atomic E-state index is 0.0306. The van der Waals surface area contributed by atoms with E-state index in [-0.39, 0.29) is 11.9 Å². The number of carbonyl (C=O) groups excluding carboxylic acids is 2. The highest BCUT2D eigenvalue weighted by atomic mass is 16.2. The van der Waals surface area contributed by atoms with Crippen molar-refractivity contribution >= 4 is 22.7 Å². The van der Waals surface area contributed by atoms with Crippen LogP contribution in [0.15, 0.2) is 42.5 Å². The van der Waals surface area contributed by atoms with Gasteiger partial charge in [-0.05, 0) is 48.6 Å². The Bertz CT molecular complexity index is 902. The van der Waals surface area contributed by atoms with Crippen LogP contribution in [0.2, 0.25) is 0 Å². The summed E-state index contributed by atoms with van der Waals surface area (Å²) in [5, 5.41) is 2.29. The summed E-state index contributed by atoms with van der Waals surface area (Å²) < 4.78 is 0. The molecule has 2 aromatic rings. The Hall–Kier alpha value is -2.40. The molecule has 0 aliphatic carbocycles. The molecule has 0 N–H and O–H groups in total. The first-order valence-electron chi connectivity index (χ1n) is 10.3. The van der Waals surface area contributed by atoms with Crippen molar-refractivity contribution in [3.8, 4) is 0 Å². The number of fused-ring (bicyclic) bond motifs is 1. The zero-order valence-corrected chi connectivity index (χ0v) is 17.0. The van der Waals surface area contributed by atoms with Gasteiger partial charge in [-0.25, -0.2) is 4.79 Å². The standard InChI is InChI=1S/C23H29N3O2/c1-4-17(2)25-13-11-23(12-14-25)21(27)26(22(28)24(23)3)16-18-9-10-19-7-5-6-8-20(19)15-18/h5-10,15,17H,4,11-14,16H2,1-3H3. The smallest absolute Gasteiger partial charge is 0.312 e. The van der Waals surface area contributed by atoms with Crippen molar-refractivity contribution in [2.75, 3.05) is 20.1 Å². The van der Waals surface area contributed by atoms with Gasteiger partial charge >= 0.3 is 6.03 Å². The lowest BCUT2D eigenvalue weighted by Crippen LogP contribution is -2.56. The van der Waals surface area contributed by atoms with Crippen LogP contribution in [-0.2, 0) is 11.3 Å². The third-order valence-electron chi connectivity index (χ3n) is 6.80. The summed E-state index contributed by atoms with van der Waals surface area (Å²) in [6.07, 6.45) is 2.53. The van der Waals surface area contributed by atoms with Crippen LogP contribution >= 0.6 is 0 Å². The average molecular weight is 380 g/mol. The van der Waals surface area contributed by atoms with Crippen LogP contribution < -0.4 is 0 Å². The molecule has 0 bridgehead atoms. The van der Waals surface area contributed by atoms with E-state index in [9.17, 15) is 9.59 Å². The van der Waals surface area contributed by atoms with E-state index in [0.717, 1.165) is 35.8 Å². The van der Waals surface area contributed by atoms with Crippen molar-refractivity contribution in [2.45, 2.75) is 51.2 Å². The number of likely N-dealkylation sites (tertiary alicyclic amines) is 1. The summed E-state index contributed by atoms with van der Waals surface area (Å²) in [5.74, 6) is -0.0306. The molecule has 3 amide bonds. The molecular weight excluding hydrogens is 350 g/mol. The van der Waals surface area contributed by atoms with Gasteiger partial charge in [0, 0.05) is 26.2 Å². The van der Waals surface area contributed by atoms with Crippen molar-refractivity contribution in [3.05, 3.63) is 48.0 Å². The summed E-state index contributed by atoms with van der Waals surface area (Å²) in [6, 6.07) is 14.6. The number of benzene rings is 2. The van der Waals surface area contributed by atoms with Crippen LogP contribution in [0.3, 0.4) is 0 Å². The molecule has 1 unspecified atom stereocenters. The molecular formula is C23H29N3O2. The zero-order chi connectivity index (χ0) is 19.9. The van der Waals surface area contributed by atoms with Gasteiger partial charge in [-0.1, -0.05) is 43.3 Å². The SMILES string of the molecule is CCC(C)N1CCC2(CC1)C(=O)N(Cc1ccc3ccccc3c1)C(=O)N2C. The second kappa shape index (κ2) is 7.21. The first-order chi connectivity index (χ1) is 13.5. The predicted octanol–water partition coefficient (Wildman–Crippen LogP) is 3.87. The fourth-order valence-electron chi connectivity index (χ4n) is 4.65. The summed E-state index contributed by atoms with van der Waals surface area (Å²) in [7, 11) is 1.79. The van der Waals surface area contributed by atoms with E-state index in [1.807, 2.05) is 18.2 Å². The maximum absolute atomic E-state index is 13.4. The van der Waals surface area contributed by atoms with E-state index in [4.69, 9.17) is 0 Å². The number of nitrogens with zero attached hydrogens (tertiary/aromatic N) is 3. The van der Waals surface area contributed by atoms with E-state index in [1.54, 1.807) is 11.9 Å². The quantitative estimate of drug-likeness (QED) is 0.758. The van der Waals surface area contributed by atoms with Gasteiger partial charge < -0.3 is 9.80 Å². The summed E-state index contributed by atoms with van der Waals surface area (Å²) in [6.45, 7) is 6.49. The number of hydrogen-bond donors (Lipinski definition) is 0. The highest BCUT2D eigenvalue weighted by Crippen LogP contribution is 2.37. The first-order valence-corrected chi connectivity index (χ1v) is 10.3. The normalized spacial score (nSPS) is 21.1. The number of hydrogen-bond acceptors (Lipinski definition) is 3. The number of carbonyl (C=O) groups is 2. The first kappa shape index (κ1) is 18.9. The van der Waals surface area contributed by atoms with Crippen LogP contribution in [0.4, 0.5) is 4.79 Å². The molecule has 2 saturated heterocycles. The average Bonchev–Trinajstić information content (AvgIpc) is 2.90. The number of amides is 3. The molecule has 1 atom stereocenters. The molecule has 0 radical (unpaired) electrons. The number of imide groups is 1. The molecule has 2 aliphatic heterocycles. The Morgan fingerprint density at radius 1 is 1.04 bits per heavy atom. The third kappa shape index (κ3) is 2.98. The second-order valence-corrected chi connectivity index (χ2v) is 8.24. The van der Waals surface area contributed by atoms with Gasteiger partial charge in [0.1, 0.15) is 5.54 Å². The Kier molecular flexibility index (Phi) is 4.88. The maximum atomic E-state index is 13.4. The Morgan fingerprint density at radius 2 is 1.71 bits per heavy atom. The van der Waals surface area contributed by atoms with E-state index >= 15 is 0 Å². The lowest BCUT2D eigenvalue weighted by atomic mass is 9.85. The Morgan fingerprint density at radius 3 is 2.39 bits per heavy atom. The van der Waals surface area contributed by atoms with Gasteiger partial charge in [-0.2, -0.15) is 0 Å². The van der Waals surface area contributed by atoms with Crippen LogP contribution in [0.25, 0.3) is 10.8 Å². The number of rotatable bonds is 4. The largest absolute Gasteiger partial charge is 0.327 e. The summed E-state index contributed by atoms with van der Waals surface area (Å²) in [5.41, 5.74) is 0.320. The molecule has 4 rings (SSSR count). The topological polar surface area (TPSA) is 43.9 Å². The molecule has 148 valence electrons. The minimum atomic E-state index is -0.669. The number of piperidine rings is 1. The second-order valence-electron chi connectivity index (χ2n) is 8.24. The molecule has 2 heterocycles. The molecule has 2 aromatic carbocycles. The Labute approximate surface area is 166 Å². The fourth-order valence-corrected chi connectivity index (χ4v) is 4.65.